The molecule has 0 radical (unpaired) electrons. The van der Waals surface area contributed by atoms with E-state index in [1.165, 1.54) is 16.2 Å². The monoisotopic (exact) mass is 311 g/mol. The van der Waals surface area contributed by atoms with Crippen molar-refractivity contribution in [3.63, 3.8) is 0 Å². The average molecular weight is 312 g/mol. The molecule has 0 unspecified atom stereocenters. The topological polar surface area (TPSA) is 20.3 Å². The highest BCUT2D eigenvalue weighted by atomic mass is 32.2. The van der Waals surface area contributed by atoms with Gasteiger partial charge in [0.25, 0.3) is 0 Å². The van der Waals surface area contributed by atoms with E-state index in [1.807, 2.05) is 23.1 Å². The van der Waals surface area contributed by atoms with Crippen molar-refractivity contribution in [3.05, 3.63) is 21.9 Å². The first kappa shape index (κ1) is 15.9. The van der Waals surface area contributed by atoms with E-state index in [9.17, 15) is 4.79 Å². The second-order valence-electron chi connectivity index (χ2n) is 5.45. The normalized spacial score (nSPS) is 20.4. The summed E-state index contributed by atoms with van der Waals surface area (Å²) in [7, 11) is 0. The zero-order valence-corrected chi connectivity index (χ0v) is 14.4. The third-order valence-corrected chi connectivity index (χ3v) is 6.37. The lowest BCUT2D eigenvalue weighted by molar-refractivity contribution is -0.136. The number of thioether (sulfide) groups is 1. The predicted octanol–water partition coefficient (Wildman–Crippen LogP) is 4.85. The van der Waals surface area contributed by atoms with Gasteiger partial charge in [0.2, 0.25) is 5.91 Å². The van der Waals surface area contributed by atoms with Crippen LogP contribution in [0.1, 0.15) is 54.7 Å². The first-order valence-corrected chi connectivity index (χ1v) is 9.52. The Hall–Kier alpha value is -0.480. The van der Waals surface area contributed by atoms with Gasteiger partial charge in [0.1, 0.15) is 5.37 Å². The minimum absolute atomic E-state index is 0.220. The summed E-state index contributed by atoms with van der Waals surface area (Å²) < 4.78 is 0. The van der Waals surface area contributed by atoms with Gasteiger partial charge in [-0.05, 0) is 31.9 Å². The summed E-state index contributed by atoms with van der Waals surface area (Å²) >= 11 is 3.74. The zero-order chi connectivity index (χ0) is 14.5. The number of unbranched alkanes of at least 4 members (excludes halogenated alkanes) is 1. The van der Waals surface area contributed by atoms with Gasteiger partial charge in [-0.2, -0.15) is 0 Å². The molecule has 1 aliphatic rings. The molecular formula is C16H25NOS2. The van der Waals surface area contributed by atoms with Crippen LogP contribution >= 0.6 is 23.1 Å². The minimum Gasteiger partial charge on any atom is -0.325 e. The van der Waals surface area contributed by atoms with E-state index in [2.05, 4.69) is 37.8 Å². The fourth-order valence-corrected chi connectivity index (χ4v) is 5.08. The van der Waals surface area contributed by atoms with E-state index in [1.54, 1.807) is 0 Å². The van der Waals surface area contributed by atoms with Gasteiger partial charge in [-0.25, -0.2) is 0 Å². The molecule has 2 nitrogen and oxygen atoms in total. The first-order chi connectivity index (χ1) is 9.67. The largest absolute Gasteiger partial charge is 0.325 e. The minimum atomic E-state index is 0.220. The second kappa shape index (κ2) is 7.51. The van der Waals surface area contributed by atoms with Gasteiger partial charge in [0.15, 0.2) is 0 Å². The maximum atomic E-state index is 12.8. The molecule has 0 N–H and O–H groups in total. The summed E-state index contributed by atoms with van der Waals surface area (Å²) in [6, 6.07) is 4.35. The molecule has 1 saturated heterocycles. The molecule has 2 rings (SSSR count). The average Bonchev–Trinajstić information content (AvgIpc) is 3.07. The predicted molar refractivity (Wildman–Crippen MR) is 89.3 cm³/mol. The first-order valence-electron chi connectivity index (χ1n) is 7.65. The lowest BCUT2D eigenvalue weighted by Gasteiger charge is -2.27. The fraction of sp³-hybridized carbons (Fsp3) is 0.688. The maximum Gasteiger partial charge on any atom is 0.226 e. The molecule has 0 saturated carbocycles. The Morgan fingerprint density at radius 3 is 2.85 bits per heavy atom. The van der Waals surface area contributed by atoms with Crippen LogP contribution in [0, 0.1) is 12.8 Å². The summed E-state index contributed by atoms with van der Waals surface area (Å²) in [4.78, 5) is 17.6. The van der Waals surface area contributed by atoms with Crippen molar-refractivity contribution < 1.29 is 4.79 Å². The summed E-state index contributed by atoms with van der Waals surface area (Å²) in [5, 5.41) is 0.261. The van der Waals surface area contributed by atoms with Crippen molar-refractivity contribution in [3.8, 4) is 0 Å². The van der Waals surface area contributed by atoms with E-state index in [0.717, 1.165) is 31.6 Å². The molecule has 1 aromatic heterocycles. The summed E-state index contributed by atoms with van der Waals surface area (Å²) in [6.45, 7) is 7.38. The smallest absolute Gasteiger partial charge is 0.226 e. The summed E-state index contributed by atoms with van der Waals surface area (Å²) in [5.74, 6) is 1.66. The number of carbonyl (C=O) groups excluding carboxylic acids is 1. The molecular weight excluding hydrogens is 286 g/mol. The SMILES string of the molecule is CCCC[C@H](CC)C(=O)N1CCS[C@@H]1c1ccc(C)s1. The Balaban J connectivity index is 2.07. The van der Waals surface area contributed by atoms with E-state index in [-0.39, 0.29) is 11.3 Å². The van der Waals surface area contributed by atoms with E-state index >= 15 is 0 Å². The van der Waals surface area contributed by atoms with Gasteiger partial charge in [-0.15, -0.1) is 23.1 Å². The Labute approximate surface area is 130 Å². The van der Waals surface area contributed by atoms with Crippen LogP contribution in [0.5, 0.6) is 0 Å². The lowest BCUT2D eigenvalue weighted by atomic mass is 9.97. The van der Waals surface area contributed by atoms with E-state index in [0.29, 0.717) is 5.91 Å². The van der Waals surface area contributed by atoms with Gasteiger partial charge in [-0.1, -0.05) is 26.7 Å². The van der Waals surface area contributed by atoms with Crippen LogP contribution in [0.4, 0.5) is 0 Å². The Bertz CT molecular complexity index is 443. The third-order valence-electron chi connectivity index (χ3n) is 3.93. The van der Waals surface area contributed by atoms with Crippen molar-refractivity contribution in [2.45, 2.75) is 51.8 Å². The van der Waals surface area contributed by atoms with E-state index in [4.69, 9.17) is 0 Å². The Kier molecular flexibility index (Phi) is 5.97. The number of carbonyl (C=O) groups is 1. The summed E-state index contributed by atoms with van der Waals surface area (Å²) in [5.41, 5.74) is 0. The third kappa shape index (κ3) is 3.59. The number of thiophene rings is 1. The van der Waals surface area contributed by atoms with Gasteiger partial charge >= 0.3 is 0 Å². The van der Waals surface area contributed by atoms with Crippen LogP contribution in [0.15, 0.2) is 12.1 Å². The number of aryl methyl sites for hydroxylation is 1. The molecule has 20 heavy (non-hydrogen) atoms. The molecule has 0 bridgehead atoms. The number of nitrogens with zero attached hydrogens (tertiary/aromatic N) is 1. The van der Waals surface area contributed by atoms with Crippen LogP contribution in [0.2, 0.25) is 0 Å². The van der Waals surface area contributed by atoms with Crippen molar-refractivity contribution >= 4 is 29.0 Å². The lowest BCUT2D eigenvalue weighted by Crippen LogP contribution is -2.35. The van der Waals surface area contributed by atoms with Crippen LogP contribution in [-0.4, -0.2) is 23.1 Å². The van der Waals surface area contributed by atoms with Crippen LogP contribution in [-0.2, 0) is 4.79 Å². The van der Waals surface area contributed by atoms with Crippen LogP contribution < -0.4 is 0 Å². The quantitative estimate of drug-likeness (QED) is 0.748. The van der Waals surface area contributed by atoms with Gasteiger partial charge in [0, 0.05) is 28.0 Å². The zero-order valence-electron chi connectivity index (χ0n) is 12.7. The van der Waals surface area contributed by atoms with Gasteiger partial charge in [-0.3, -0.25) is 4.79 Å². The van der Waals surface area contributed by atoms with Crippen molar-refractivity contribution in [1.29, 1.82) is 0 Å². The molecule has 4 heteroatoms. The number of rotatable bonds is 6. The van der Waals surface area contributed by atoms with E-state index < -0.39 is 0 Å². The molecule has 1 aromatic rings. The van der Waals surface area contributed by atoms with Crippen LogP contribution in [0.25, 0.3) is 0 Å². The highest BCUT2D eigenvalue weighted by Gasteiger charge is 2.34. The van der Waals surface area contributed by atoms with Crippen molar-refractivity contribution in [2.24, 2.45) is 5.92 Å². The van der Waals surface area contributed by atoms with Crippen molar-refractivity contribution in [2.75, 3.05) is 12.3 Å². The fourth-order valence-electron chi connectivity index (χ4n) is 2.70. The molecule has 1 aliphatic heterocycles. The molecule has 1 fully saturated rings. The maximum absolute atomic E-state index is 12.8. The van der Waals surface area contributed by atoms with Gasteiger partial charge in [0.05, 0.1) is 0 Å². The standard InChI is InChI=1S/C16H25NOS2/c1-4-6-7-13(5-2)15(18)17-10-11-19-16(17)14-9-8-12(3)20-14/h8-9,13,16H,4-7,10-11H2,1-3H3/t13-,16+/m0/s1. The molecule has 0 aromatic carbocycles. The highest BCUT2D eigenvalue weighted by Crippen LogP contribution is 2.42. The number of amides is 1. The van der Waals surface area contributed by atoms with Gasteiger partial charge < -0.3 is 4.90 Å². The molecule has 2 heterocycles. The molecule has 112 valence electrons. The Morgan fingerprint density at radius 1 is 1.45 bits per heavy atom. The number of hydrogen-bond donors (Lipinski definition) is 0. The second-order valence-corrected chi connectivity index (χ2v) is 7.96. The Morgan fingerprint density at radius 2 is 2.25 bits per heavy atom. The van der Waals surface area contributed by atoms with Crippen molar-refractivity contribution in [1.82, 2.24) is 4.90 Å². The number of hydrogen-bond acceptors (Lipinski definition) is 3. The molecule has 0 aliphatic carbocycles. The molecule has 1 amide bonds. The van der Waals surface area contributed by atoms with Crippen LogP contribution in [0.3, 0.4) is 0 Å². The molecule has 2 atom stereocenters. The molecule has 0 spiro atoms. The summed E-state index contributed by atoms with van der Waals surface area (Å²) in [6.07, 6.45) is 4.35. The highest BCUT2D eigenvalue weighted by molar-refractivity contribution is 7.99.